The van der Waals surface area contributed by atoms with Crippen LogP contribution in [0.3, 0.4) is 0 Å². The molecule has 0 unspecified atom stereocenters. The molecule has 0 rings (SSSR count). The maximum Gasteiger partial charge on any atom is -0.0533 e. The van der Waals surface area contributed by atoms with Crippen molar-refractivity contribution in [1.29, 1.82) is 0 Å². The molecule has 0 N–H and O–H groups in total. The first kappa shape index (κ1) is 25.8. The normalized spacial score (nSPS) is 7.76. The Balaban J connectivity index is -0.0000000743. The van der Waals surface area contributed by atoms with Crippen molar-refractivity contribution in [3.63, 3.8) is 0 Å². The van der Waals surface area contributed by atoms with Crippen LogP contribution in [0.1, 0.15) is 113 Å². The Bertz CT molecular complexity index is 51.1. The first-order valence-electron chi connectivity index (χ1n) is 8.24. The van der Waals surface area contributed by atoms with Crippen molar-refractivity contribution >= 4 is 0 Å². The molecule has 0 aliphatic heterocycles. The van der Waals surface area contributed by atoms with Crippen LogP contribution < -0.4 is 0 Å². The van der Waals surface area contributed by atoms with Gasteiger partial charge in [0, 0.05) is 0 Å². The molecule has 0 aliphatic carbocycles. The SMILES string of the molecule is CC.CCC.CCCCC.CCCCCCC. The van der Waals surface area contributed by atoms with Crippen molar-refractivity contribution in [3.05, 3.63) is 0 Å². The first-order chi connectivity index (χ1) is 8.24. The highest BCUT2D eigenvalue weighted by Gasteiger charge is 1.80. The van der Waals surface area contributed by atoms with E-state index < -0.39 is 0 Å². The molecule has 0 aromatic carbocycles. The smallest absolute Gasteiger partial charge is 0.0533 e. The van der Waals surface area contributed by atoms with Crippen LogP contribution in [0.25, 0.3) is 0 Å². The fraction of sp³-hybridized carbons (Fsp3) is 1.00. The van der Waals surface area contributed by atoms with Gasteiger partial charge in [-0.1, -0.05) is 113 Å². The molecule has 0 bridgehead atoms. The third-order valence-corrected chi connectivity index (χ3v) is 1.91. The maximum atomic E-state index is 2.25. The van der Waals surface area contributed by atoms with Crippen molar-refractivity contribution < 1.29 is 0 Å². The summed E-state index contributed by atoms with van der Waals surface area (Å²) in [6, 6.07) is 0. The maximum absolute atomic E-state index is 2.25. The monoisotopic (exact) mass is 246 g/mol. The molecular weight excluding hydrogens is 204 g/mol. The van der Waals surface area contributed by atoms with Crippen LogP contribution in [0.5, 0.6) is 0 Å². The molecule has 0 saturated heterocycles. The molecule has 110 valence electrons. The third-order valence-electron chi connectivity index (χ3n) is 1.91. The molecule has 0 heterocycles. The van der Waals surface area contributed by atoms with Crippen molar-refractivity contribution in [1.82, 2.24) is 0 Å². The lowest BCUT2D eigenvalue weighted by Crippen LogP contribution is -1.70. The number of hydrogen-bond acceptors (Lipinski definition) is 0. The summed E-state index contributed by atoms with van der Waals surface area (Å²) >= 11 is 0. The zero-order valence-corrected chi connectivity index (χ0v) is 14.4. The van der Waals surface area contributed by atoms with Crippen LogP contribution in [-0.4, -0.2) is 0 Å². The third kappa shape index (κ3) is 87.1. The summed E-state index contributed by atoms with van der Waals surface area (Å²) in [6.07, 6.45) is 12.3. The second-order valence-corrected chi connectivity index (χ2v) is 4.12. The molecule has 0 saturated carbocycles. The number of unbranched alkanes of at least 4 members (excludes halogenated alkanes) is 6. The summed E-state index contributed by atoms with van der Waals surface area (Å²) in [5.74, 6) is 0. The Kier molecular flexibility index (Phi) is 67.3. The highest BCUT2D eigenvalue weighted by atomic mass is 13.9. The number of rotatable bonds is 6. The summed E-state index contributed by atoms with van der Waals surface area (Å²) in [7, 11) is 0. The predicted octanol–water partition coefficient (Wildman–Crippen LogP) is 7.62. The van der Waals surface area contributed by atoms with Crippen LogP contribution >= 0.6 is 0 Å². The molecule has 0 aliphatic rings. The quantitative estimate of drug-likeness (QED) is 0.423. The van der Waals surface area contributed by atoms with E-state index in [2.05, 4.69) is 41.5 Å². The minimum absolute atomic E-state index is 1.25. The molecule has 0 atom stereocenters. The van der Waals surface area contributed by atoms with Gasteiger partial charge in [0.2, 0.25) is 0 Å². The molecule has 0 nitrogen and oxygen atoms in total. The Morgan fingerprint density at radius 3 is 0.765 bits per heavy atom. The van der Waals surface area contributed by atoms with Gasteiger partial charge in [-0.3, -0.25) is 0 Å². The molecule has 0 heteroatoms. The lowest BCUT2D eigenvalue weighted by atomic mass is 10.2. The standard InChI is InChI=1S/C7H16.C5H12.C3H8.C2H6/c1-3-5-7-6-4-2;1-3-5-4-2;1-3-2;1-2/h3-7H2,1-2H3;3-5H2,1-2H3;3H2,1-2H3;1-2H3. The Morgan fingerprint density at radius 1 is 0.412 bits per heavy atom. The van der Waals surface area contributed by atoms with Crippen molar-refractivity contribution in [2.24, 2.45) is 0 Å². The molecule has 0 radical (unpaired) electrons. The predicted molar refractivity (Wildman–Crippen MR) is 86.9 cm³/mol. The molecule has 17 heavy (non-hydrogen) atoms. The lowest BCUT2D eigenvalue weighted by molar-refractivity contribution is 0.656. The molecule has 0 spiro atoms. The highest BCUT2D eigenvalue weighted by Crippen LogP contribution is 2.00. The number of hydrogen-bond donors (Lipinski definition) is 0. The van der Waals surface area contributed by atoms with E-state index in [0.29, 0.717) is 0 Å². The van der Waals surface area contributed by atoms with Crippen molar-refractivity contribution in [3.8, 4) is 0 Å². The largest absolute Gasteiger partial charge is 0.0683 e. The van der Waals surface area contributed by atoms with Gasteiger partial charge in [-0.05, 0) is 0 Å². The highest BCUT2D eigenvalue weighted by molar-refractivity contribution is 4.35. The summed E-state index contributed by atoms with van der Waals surface area (Å²) in [5, 5.41) is 0. The van der Waals surface area contributed by atoms with Gasteiger partial charge in [0.05, 0.1) is 0 Å². The average molecular weight is 247 g/mol. The zero-order valence-electron chi connectivity index (χ0n) is 14.4. The molecule has 0 aromatic heterocycles. The fourth-order valence-electron chi connectivity index (χ4n) is 1.03. The summed E-state index contributed by atoms with van der Waals surface area (Å²) in [5.41, 5.74) is 0. The lowest BCUT2D eigenvalue weighted by Gasteiger charge is -1.90. The van der Waals surface area contributed by atoms with Crippen LogP contribution in [0.2, 0.25) is 0 Å². The zero-order chi connectivity index (χ0) is 14.4. The van der Waals surface area contributed by atoms with E-state index in [1.807, 2.05) is 13.8 Å². The fourth-order valence-corrected chi connectivity index (χ4v) is 1.03. The van der Waals surface area contributed by atoms with E-state index in [1.165, 1.54) is 57.8 Å². The van der Waals surface area contributed by atoms with Gasteiger partial charge in [0.25, 0.3) is 0 Å². The summed E-state index contributed by atoms with van der Waals surface area (Å²) in [4.78, 5) is 0. The van der Waals surface area contributed by atoms with Crippen LogP contribution in [0, 0.1) is 0 Å². The minimum atomic E-state index is 1.25. The van der Waals surface area contributed by atoms with E-state index >= 15 is 0 Å². The second kappa shape index (κ2) is 44.4. The first-order valence-corrected chi connectivity index (χ1v) is 8.24. The molecular formula is C17H42. The van der Waals surface area contributed by atoms with Gasteiger partial charge in [-0.2, -0.15) is 0 Å². The van der Waals surface area contributed by atoms with Crippen LogP contribution in [0.4, 0.5) is 0 Å². The van der Waals surface area contributed by atoms with Gasteiger partial charge < -0.3 is 0 Å². The summed E-state index contributed by atoms with van der Waals surface area (Å²) in [6.45, 7) is 17.2. The van der Waals surface area contributed by atoms with E-state index in [0.717, 1.165) is 0 Å². The van der Waals surface area contributed by atoms with Crippen molar-refractivity contribution in [2.45, 2.75) is 113 Å². The van der Waals surface area contributed by atoms with Crippen molar-refractivity contribution in [2.75, 3.05) is 0 Å². The van der Waals surface area contributed by atoms with E-state index in [1.54, 1.807) is 0 Å². The van der Waals surface area contributed by atoms with Gasteiger partial charge >= 0.3 is 0 Å². The molecule has 0 amide bonds. The van der Waals surface area contributed by atoms with E-state index in [9.17, 15) is 0 Å². The molecule has 0 aromatic rings. The van der Waals surface area contributed by atoms with Crippen LogP contribution in [-0.2, 0) is 0 Å². The van der Waals surface area contributed by atoms with Gasteiger partial charge in [0.15, 0.2) is 0 Å². The summed E-state index contributed by atoms with van der Waals surface area (Å²) < 4.78 is 0. The van der Waals surface area contributed by atoms with Gasteiger partial charge in [0.1, 0.15) is 0 Å². The van der Waals surface area contributed by atoms with E-state index in [-0.39, 0.29) is 0 Å². The Hall–Kier alpha value is 0. The second-order valence-electron chi connectivity index (χ2n) is 4.12. The van der Waals surface area contributed by atoms with Gasteiger partial charge in [-0.25, -0.2) is 0 Å². The average Bonchev–Trinajstić information content (AvgIpc) is 2.35. The Labute approximate surface area is 114 Å². The minimum Gasteiger partial charge on any atom is -0.0683 e. The van der Waals surface area contributed by atoms with Crippen LogP contribution in [0.15, 0.2) is 0 Å². The Morgan fingerprint density at radius 2 is 0.647 bits per heavy atom. The van der Waals surface area contributed by atoms with E-state index in [4.69, 9.17) is 0 Å². The molecule has 0 fully saturated rings. The van der Waals surface area contributed by atoms with Gasteiger partial charge in [-0.15, -0.1) is 0 Å². The topological polar surface area (TPSA) is 0 Å².